The summed E-state index contributed by atoms with van der Waals surface area (Å²) in [4.78, 5) is 0. The van der Waals surface area contributed by atoms with Crippen molar-refractivity contribution in [2.75, 3.05) is 5.73 Å². The maximum atomic E-state index is 6.24. The van der Waals surface area contributed by atoms with Crippen LogP contribution in [0.2, 0.25) is 0 Å². The van der Waals surface area contributed by atoms with E-state index in [4.69, 9.17) is 19.9 Å². The van der Waals surface area contributed by atoms with Crippen molar-refractivity contribution in [1.82, 2.24) is 0 Å². The summed E-state index contributed by atoms with van der Waals surface area (Å²) in [5.74, 6) is 1.63. The molecule has 0 fully saturated rings. The van der Waals surface area contributed by atoms with Crippen LogP contribution >= 0.6 is 0 Å². The van der Waals surface area contributed by atoms with Crippen molar-refractivity contribution >= 4 is 5.69 Å². The van der Waals surface area contributed by atoms with Gasteiger partial charge in [-0.2, -0.15) is 0 Å². The normalized spacial score (nSPS) is 21.5. The Balaban J connectivity index is 1.90. The number of hydrogen-bond donors (Lipinski definition) is 1. The van der Waals surface area contributed by atoms with Gasteiger partial charge < -0.3 is 19.9 Å². The SMILES string of the molecule is CC(C)OC1(C)CC(C)(C)c2ccc(Oc3ccc(N)cc3)cc2O1. The number of fused-ring (bicyclic) bond motifs is 1. The molecule has 0 bridgehead atoms. The van der Waals surface area contributed by atoms with E-state index in [-0.39, 0.29) is 11.5 Å². The first-order chi connectivity index (χ1) is 11.7. The first kappa shape index (κ1) is 17.6. The Morgan fingerprint density at radius 1 is 1.00 bits per heavy atom. The van der Waals surface area contributed by atoms with Gasteiger partial charge in [0.15, 0.2) is 0 Å². The van der Waals surface area contributed by atoms with Gasteiger partial charge in [-0.05, 0) is 49.6 Å². The minimum absolute atomic E-state index is 0.0447. The zero-order valence-corrected chi connectivity index (χ0v) is 15.6. The van der Waals surface area contributed by atoms with Gasteiger partial charge in [0.05, 0.1) is 6.10 Å². The summed E-state index contributed by atoms with van der Waals surface area (Å²) in [6.45, 7) is 10.5. The van der Waals surface area contributed by atoms with E-state index in [9.17, 15) is 0 Å². The van der Waals surface area contributed by atoms with Crippen LogP contribution in [0.3, 0.4) is 0 Å². The number of benzene rings is 2. The minimum Gasteiger partial charge on any atom is -0.462 e. The summed E-state index contributed by atoms with van der Waals surface area (Å²) in [7, 11) is 0. The van der Waals surface area contributed by atoms with E-state index in [1.54, 1.807) is 0 Å². The topological polar surface area (TPSA) is 53.7 Å². The first-order valence-corrected chi connectivity index (χ1v) is 8.72. The summed E-state index contributed by atoms with van der Waals surface area (Å²) in [5.41, 5.74) is 7.56. The molecule has 2 aromatic rings. The summed E-state index contributed by atoms with van der Waals surface area (Å²) in [6, 6.07) is 13.3. The van der Waals surface area contributed by atoms with Gasteiger partial charge in [0, 0.05) is 30.7 Å². The lowest BCUT2D eigenvalue weighted by Gasteiger charge is -2.44. The molecule has 1 atom stereocenters. The number of hydrogen-bond acceptors (Lipinski definition) is 4. The third-order valence-corrected chi connectivity index (χ3v) is 4.37. The van der Waals surface area contributed by atoms with Gasteiger partial charge >= 0.3 is 0 Å². The smallest absolute Gasteiger partial charge is 0.208 e. The summed E-state index contributed by atoms with van der Waals surface area (Å²) in [5, 5.41) is 0. The van der Waals surface area contributed by atoms with Gasteiger partial charge in [-0.15, -0.1) is 0 Å². The van der Waals surface area contributed by atoms with Gasteiger partial charge in [-0.1, -0.05) is 19.9 Å². The van der Waals surface area contributed by atoms with E-state index in [1.165, 1.54) is 5.56 Å². The molecule has 3 rings (SSSR count). The average molecular weight is 341 g/mol. The van der Waals surface area contributed by atoms with E-state index in [1.807, 2.05) is 57.2 Å². The highest BCUT2D eigenvalue weighted by Gasteiger charge is 2.43. The van der Waals surface area contributed by atoms with Crippen LogP contribution in [0, 0.1) is 0 Å². The molecule has 0 saturated heterocycles. The molecule has 0 radical (unpaired) electrons. The molecule has 2 N–H and O–H groups in total. The van der Waals surface area contributed by atoms with Crippen LogP contribution < -0.4 is 15.2 Å². The Bertz CT molecular complexity index is 752. The Labute approximate surface area is 149 Å². The quantitative estimate of drug-likeness (QED) is 0.770. The Kier molecular flexibility index (Phi) is 4.41. The number of anilines is 1. The van der Waals surface area contributed by atoms with Crippen molar-refractivity contribution in [2.45, 2.75) is 58.3 Å². The van der Waals surface area contributed by atoms with E-state index in [0.717, 1.165) is 23.7 Å². The standard InChI is InChI=1S/C21H27NO3/c1-14(2)24-21(5)13-20(3,4)18-11-10-17(12-19(18)25-21)23-16-8-6-15(22)7-9-16/h6-12,14H,13,22H2,1-5H3. The lowest BCUT2D eigenvalue weighted by molar-refractivity contribution is -0.210. The van der Waals surface area contributed by atoms with E-state index >= 15 is 0 Å². The van der Waals surface area contributed by atoms with Crippen molar-refractivity contribution in [1.29, 1.82) is 0 Å². The second-order valence-corrected chi connectivity index (χ2v) is 7.79. The first-order valence-electron chi connectivity index (χ1n) is 8.72. The fourth-order valence-electron chi connectivity index (χ4n) is 3.61. The number of nitrogens with two attached hydrogens (primary N) is 1. The van der Waals surface area contributed by atoms with Crippen LogP contribution in [0.15, 0.2) is 42.5 Å². The second kappa shape index (κ2) is 6.26. The Morgan fingerprint density at radius 3 is 2.28 bits per heavy atom. The average Bonchev–Trinajstić information content (AvgIpc) is 2.47. The van der Waals surface area contributed by atoms with Gasteiger partial charge in [0.1, 0.15) is 17.2 Å². The van der Waals surface area contributed by atoms with Crippen molar-refractivity contribution in [3.8, 4) is 17.2 Å². The predicted molar refractivity (Wildman–Crippen MR) is 100 cm³/mol. The lowest BCUT2D eigenvalue weighted by atomic mass is 9.76. The molecule has 1 unspecified atom stereocenters. The molecule has 25 heavy (non-hydrogen) atoms. The molecule has 4 nitrogen and oxygen atoms in total. The van der Waals surface area contributed by atoms with E-state index in [2.05, 4.69) is 19.9 Å². The maximum absolute atomic E-state index is 6.24. The van der Waals surface area contributed by atoms with Gasteiger partial charge in [-0.3, -0.25) is 0 Å². The van der Waals surface area contributed by atoms with Crippen LogP contribution in [0.4, 0.5) is 5.69 Å². The van der Waals surface area contributed by atoms with E-state index < -0.39 is 5.79 Å². The largest absolute Gasteiger partial charge is 0.462 e. The molecular formula is C21H27NO3. The monoisotopic (exact) mass is 341 g/mol. The Morgan fingerprint density at radius 2 is 1.64 bits per heavy atom. The van der Waals surface area contributed by atoms with E-state index in [0.29, 0.717) is 5.69 Å². The van der Waals surface area contributed by atoms with Crippen LogP contribution in [0.25, 0.3) is 0 Å². The molecule has 0 saturated carbocycles. The molecule has 0 aliphatic carbocycles. The van der Waals surface area contributed by atoms with Gasteiger partial charge in [0.25, 0.3) is 0 Å². The summed E-state index contributed by atoms with van der Waals surface area (Å²) >= 11 is 0. The zero-order valence-electron chi connectivity index (χ0n) is 15.6. The lowest BCUT2D eigenvalue weighted by Crippen LogP contribution is -2.47. The summed E-state index contributed by atoms with van der Waals surface area (Å²) < 4.78 is 18.2. The molecule has 0 amide bonds. The molecule has 4 heteroatoms. The number of nitrogen functional groups attached to an aromatic ring is 1. The van der Waals surface area contributed by atoms with Crippen molar-refractivity contribution in [2.24, 2.45) is 0 Å². The molecule has 0 aromatic heterocycles. The number of rotatable bonds is 4. The third kappa shape index (κ3) is 3.90. The van der Waals surface area contributed by atoms with Crippen molar-refractivity contribution in [3.63, 3.8) is 0 Å². The van der Waals surface area contributed by atoms with Gasteiger partial charge in [0.2, 0.25) is 5.79 Å². The maximum Gasteiger partial charge on any atom is 0.208 e. The fraction of sp³-hybridized carbons (Fsp3) is 0.429. The van der Waals surface area contributed by atoms with Crippen LogP contribution in [-0.2, 0) is 10.2 Å². The molecule has 1 heterocycles. The van der Waals surface area contributed by atoms with Crippen molar-refractivity contribution in [3.05, 3.63) is 48.0 Å². The van der Waals surface area contributed by atoms with Crippen LogP contribution in [0.5, 0.6) is 17.2 Å². The van der Waals surface area contributed by atoms with Crippen molar-refractivity contribution < 1.29 is 14.2 Å². The van der Waals surface area contributed by atoms with Crippen LogP contribution in [0.1, 0.15) is 46.6 Å². The molecule has 134 valence electrons. The third-order valence-electron chi connectivity index (χ3n) is 4.37. The molecule has 1 aliphatic heterocycles. The summed E-state index contributed by atoms with van der Waals surface area (Å²) in [6.07, 6.45) is 0.889. The second-order valence-electron chi connectivity index (χ2n) is 7.79. The Hall–Kier alpha value is -2.20. The predicted octanol–water partition coefficient (Wildman–Crippen LogP) is 5.26. The highest BCUT2D eigenvalue weighted by Crippen LogP contribution is 2.47. The molecule has 1 aliphatic rings. The van der Waals surface area contributed by atoms with Gasteiger partial charge in [-0.25, -0.2) is 0 Å². The highest BCUT2D eigenvalue weighted by molar-refractivity contribution is 5.48. The zero-order chi connectivity index (χ0) is 18.2. The van der Waals surface area contributed by atoms with Crippen LogP contribution in [-0.4, -0.2) is 11.9 Å². The number of ether oxygens (including phenoxy) is 3. The molecule has 0 spiro atoms. The molecule has 2 aromatic carbocycles. The fourth-order valence-corrected chi connectivity index (χ4v) is 3.61. The molecular weight excluding hydrogens is 314 g/mol. The minimum atomic E-state index is -0.648. The highest BCUT2D eigenvalue weighted by atomic mass is 16.7.